The lowest BCUT2D eigenvalue weighted by Gasteiger charge is -2.08. The second-order valence-corrected chi connectivity index (χ2v) is 5.03. The van der Waals surface area contributed by atoms with Crippen molar-refractivity contribution < 1.29 is 14.3 Å². The van der Waals surface area contributed by atoms with Gasteiger partial charge in [-0.1, -0.05) is 18.2 Å². The lowest BCUT2D eigenvalue weighted by atomic mass is 10.1. The Hall–Kier alpha value is -2.40. The lowest BCUT2D eigenvalue weighted by molar-refractivity contribution is -0.124. The third kappa shape index (κ3) is 3.62. The van der Waals surface area contributed by atoms with Crippen LogP contribution in [0.5, 0.6) is 5.75 Å². The van der Waals surface area contributed by atoms with Gasteiger partial charge in [-0.2, -0.15) is 5.10 Å². The van der Waals surface area contributed by atoms with Gasteiger partial charge in [0.1, 0.15) is 5.75 Å². The molecule has 5 nitrogen and oxygen atoms in total. The normalized spacial score (nSPS) is 16.7. The molecule has 22 heavy (non-hydrogen) atoms. The molecule has 0 atom stereocenters. The van der Waals surface area contributed by atoms with Crippen LogP contribution < -0.4 is 4.74 Å². The smallest absolute Gasteiger partial charge is 0.275 e. The molecule has 0 aromatic heterocycles. The van der Waals surface area contributed by atoms with Crippen molar-refractivity contribution in [2.45, 2.75) is 13.8 Å². The minimum Gasteiger partial charge on any atom is -0.467 e. The summed E-state index contributed by atoms with van der Waals surface area (Å²) in [6, 6.07) is 5.88. The summed E-state index contributed by atoms with van der Waals surface area (Å²) in [5, 5.41) is 5.45. The maximum atomic E-state index is 11.8. The molecule has 1 aromatic carbocycles. The molecule has 0 spiro atoms. The Morgan fingerprint density at radius 1 is 1.32 bits per heavy atom. The average Bonchev–Trinajstić information content (AvgIpc) is 2.72. The minimum absolute atomic E-state index is 0.0818. The van der Waals surface area contributed by atoms with Gasteiger partial charge in [-0.25, -0.2) is 5.01 Å². The van der Waals surface area contributed by atoms with Crippen LogP contribution in [0.3, 0.4) is 0 Å². The van der Waals surface area contributed by atoms with Gasteiger partial charge in [-0.05, 0) is 43.2 Å². The Morgan fingerprint density at radius 2 is 2.09 bits per heavy atom. The number of likely N-dealkylation sites (N-methyl/N-ethyl adjacent to an activating group) is 1. The Balaban J connectivity index is 2.09. The third-order valence-electron chi connectivity index (χ3n) is 3.30. The van der Waals surface area contributed by atoms with Gasteiger partial charge in [0.2, 0.25) is 0 Å². The summed E-state index contributed by atoms with van der Waals surface area (Å²) in [7, 11) is 3.24. The first-order valence-corrected chi connectivity index (χ1v) is 6.97. The monoisotopic (exact) mass is 300 g/mol. The number of amides is 1. The van der Waals surface area contributed by atoms with Crippen LogP contribution in [-0.4, -0.2) is 37.6 Å². The summed E-state index contributed by atoms with van der Waals surface area (Å²) in [6.07, 6.45) is 5.59. The molecule has 116 valence electrons. The zero-order valence-corrected chi connectivity index (χ0v) is 13.3. The number of hydrogen-bond acceptors (Lipinski definition) is 4. The quantitative estimate of drug-likeness (QED) is 0.620. The van der Waals surface area contributed by atoms with Gasteiger partial charge in [-0.15, -0.1) is 0 Å². The molecule has 2 rings (SSSR count). The van der Waals surface area contributed by atoms with E-state index in [1.165, 1.54) is 5.01 Å². The first kappa shape index (κ1) is 16.0. The van der Waals surface area contributed by atoms with Crippen molar-refractivity contribution in [2.24, 2.45) is 5.10 Å². The Kier molecular flexibility index (Phi) is 5.12. The Morgan fingerprint density at radius 3 is 2.68 bits per heavy atom. The number of nitrogens with zero attached hydrogens (tertiary/aromatic N) is 2. The van der Waals surface area contributed by atoms with E-state index in [1.807, 2.05) is 44.2 Å². The molecule has 0 fully saturated rings. The molecule has 0 unspecified atom stereocenters. The highest BCUT2D eigenvalue weighted by molar-refractivity contribution is 6.23. The molecule has 0 N–H and O–H groups in total. The molecule has 0 saturated carbocycles. The molecule has 1 aliphatic rings. The number of ether oxygens (including phenoxy) is 2. The fourth-order valence-corrected chi connectivity index (χ4v) is 2.16. The molecule has 1 aromatic rings. The molecular formula is C17H20N2O3. The van der Waals surface area contributed by atoms with Crippen LogP contribution in [0.25, 0.3) is 6.08 Å². The number of allylic oxidation sites excluding steroid dienone is 2. The highest BCUT2D eigenvalue weighted by Gasteiger charge is 2.23. The van der Waals surface area contributed by atoms with Gasteiger partial charge in [0.25, 0.3) is 5.91 Å². The Bertz CT molecular complexity index is 660. The predicted octanol–water partition coefficient (Wildman–Crippen LogP) is 2.77. The summed E-state index contributed by atoms with van der Waals surface area (Å²) in [5.41, 5.74) is 3.42. The topological polar surface area (TPSA) is 51.1 Å². The van der Waals surface area contributed by atoms with Crippen LogP contribution in [0.2, 0.25) is 0 Å². The molecule has 0 radical (unpaired) electrons. The summed E-state index contributed by atoms with van der Waals surface area (Å²) in [5.74, 6) is 0.717. The molecular weight excluding hydrogens is 280 g/mol. The summed E-state index contributed by atoms with van der Waals surface area (Å²) < 4.78 is 10.3. The van der Waals surface area contributed by atoms with Crippen molar-refractivity contribution >= 4 is 17.7 Å². The van der Waals surface area contributed by atoms with Gasteiger partial charge in [-0.3, -0.25) is 4.79 Å². The van der Waals surface area contributed by atoms with E-state index in [1.54, 1.807) is 20.2 Å². The highest BCUT2D eigenvalue weighted by atomic mass is 16.7. The minimum atomic E-state index is -0.0818. The van der Waals surface area contributed by atoms with E-state index in [-0.39, 0.29) is 12.7 Å². The largest absolute Gasteiger partial charge is 0.467 e. The second kappa shape index (κ2) is 7.04. The van der Waals surface area contributed by atoms with Gasteiger partial charge in [0, 0.05) is 14.2 Å². The number of aryl methyl sites for hydroxylation is 1. The van der Waals surface area contributed by atoms with E-state index in [0.717, 1.165) is 22.6 Å². The Labute approximate surface area is 130 Å². The zero-order valence-electron chi connectivity index (χ0n) is 13.3. The van der Waals surface area contributed by atoms with Crippen LogP contribution in [0, 0.1) is 6.92 Å². The SMILES string of the molecule is COCOc1ccc(/C=C/C=C2C(=O)N(C)N=C2C)cc1C. The summed E-state index contributed by atoms with van der Waals surface area (Å²) in [6.45, 7) is 4.04. The maximum absolute atomic E-state index is 11.8. The van der Waals surface area contributed by atoms with Gasteiger partial charge >= 0.3 is 0 Å². The number of hydrogen-bond donors (Lipinski definition) is 0. The molecule has 5 heteroatoms. The molecule has 0 bridgehead atoms. The number of rotatable bonds is 5. The fourth-order valence-electron chi connectivity index (χ4n) is 2.16. The number of carbonyl (C=O) groups is 1. The molecule has 1 amide bonds. The number of carbonyl (C=O) groups excluding carboxylic acids is 1. The summed E-state index contributed by atoms with van der Waals surface area (Å²) in [4.78, 5) is 11.8. The van der Waals surface area contributed by atoms with Crippen LogP contribution in [0.15, 0.2) is 41.0 Å². The lowest BCUT2D eigenvalue weighted by Crippen LogP contribution is -2.16. The van der Waals surface area contributed by atoms with Crippen molar-refractivity contribution in [1.82, 2.24) is 5.01 Å². The van der Waals surface area contributed by atoms with E-state index in [2.05, 4.69) is 5.10 Å². The highest BCUT2D eigenvalue weighted by Crippen LogP contribution is 2.20. The van der Waals surface area contributed by atoms with Gasteiger partial charge in [0.15, 0.2) is 6.79 Å². The van der Waals surface area contributed by atoms with Crippen molar-refractivity contribution in [3.05, 3.63) is 47.1 Å². The van der Waals surface area contributed by atoms with E-state index in [0.29, 0.717) is 5.57 Å². The molecule has 1 heterocycles. The van der Waals surface area contributed by atoms with Crippen molar-refractivity contribution in [3.63, 3.8) is 0 Å². The van der Waals surface area contributed by atoms with Crippen molar-refractivity contribution in [1.29, 1.82) is 0 Å². The standard InChI is InChI=1S/C17H20N2O3/c1-12-10-14(8-9-16(12)22-11-21-4)6-5-7-15-13(2)18-19(3)17(15)20/h5-10H,11H2,1-4H3/b6-5+,15-7?. The van der Waals surface area contributed by atoms with E-state index < -0.39 is 0 Å². The van der Waals surface area contributed by atoms with Crippen LogP contribution in [-0.2, 0) is 9.53 Å². The van der Waals surface area contributed by atoms with E-state index in [4.69, 9.17) is 9.47 Å². The number of benzene rings is 1. The van der Waals surface area contributed by atoms with E-state index in [9.17, 15) is 4.79 Å². The predicted molar refractivity (Wildman–Crippen MR) is 86.7 cm³/mol. The number of methoxy groups -OCH3 is 1. The summed E-state index contributed by atoms with van der Waals surface area (Å²) >= 11 is 0. The molecule has 0 saturated heterocycles. The first-order valence-electron chi connectivity index (χ1n) is 6.97. The van der Waals surface area contributed by atoms with Crippen LogP contribution in [0.4, 0.5) is 0 Å². The molecule has 1 aliphatic heterocycles. The fraction of sp³-hybridized carbons (Fsp3) is 0.294. The third-order valence-corrected chi connectivity index (χ3v) is 3.30. The van der Waals surface area contributed by atoms with Crippen LogP contribution >= 0.6 is 0 Å². The van der Waals surface area contributed by atoms with E-state index >= 15 is 0 Å². The van der Waals surface area contributed by atoms with Crippen molar-refractivity contribution in [3.8, 4) is 5.75 Å². The first-order chi connectivity index (χ1) is 10.5. The van der Waals surface area contributed by atoms with Gasteiger partial charge in [0.05, 0.1) is 11.3 Å². The average molecular weight is 300 g/mol. The zero-order chi connectivity index (χ0) is 16.1. The van der Waals surface area contributed by atoms with Gasteiger partial charge < -0.3 is 9.47 Å². The van der Waals surface area contributed by atoms with Crippen LogP contribution in [0.1, 0.15) is 18.1 Å². The van der Waals surface area contributed by atoms with Crippen molar-refractivity contribution in [2.75, 3.05) is 21.0 Å². The maximum Gasteiger partial charge on any atom is 0.275 e. The second-order valence-electron chi connectivity index (χ2n) is 5.03. The molecule has 0 aliphatic carbocycles. The number of hydrazone groups is 1.